The number of ether oxygens (including phenoxy) is 2. The molecule has 96 valence electrons. The van der Waals surface area contributed by atoms with Crippen LogP contribution in [0.15, 0.2) is 18.2 Å². The highest BCUT2D eigenvalue weighted by Crippen LogP contribution is 2.18. The lowest BCUT2D eigenvalue weighted by Gasteiger charge is -2.09. The molecule has 0 unspecified atom stereocenters. The molecule has 0 aromatic heterocycles. The highest BCUT2D eigenvalue weighted by Gasteiger charge is 2.00. The van der Waals surface area contributed by atoms with Crippen LogP contribution < -0.4 is 10.1 Å². The second-order valence-electron chi connectivity index (χ2n) is 3.85. The van der Waals surface area contributed by atoms with Crippen LogP contribution in [0.2, 0.25) is 0 Å². The third kappa shape index (κ3) is 5.65. The van der Waals surface area contributed by atoms with Crippen molar-refractivity contribution in [2.45, 2.75) is 13.3 Å². The van der Waals surface area contributed by atoms with E-state index in [1.165, 1.54) is 12.1 Å². The number of rotatable bonds is 8. The number of nitrogens with one attached hydrogen (secondary N) is 1. The van der Waals surface area contributed by atoms with Gasteiger partial charge in [0.25, 0.3) is 0 Å². The van der Waals surface area contributed by atoms with Crippen LogP contribution in [-0.4, -0.2) is 33.4 Å². The molecule has 0 amide bonds. The topological polar surface area (TPSA) is 30.5 Å². The second-order valence-corrected chi connectivity index (χ2v) is 3.85. The van der Waals surface area contributed by atoms with Crippen LogP contribution in [0.3, 0.4) is 0 Å². The summed E-state index contributed by atoms with van der Waals surface area (Å²) in [6.45, 7) is 4.94. The minimum absolute atomic E-state index is 0.226. The van der Waals surface area contributed by atoms with Crippen LogP contribution in [0, 0.1) is 12.7 Å². The largest absolute Gasteiger partial charge is 0.493 e. The first kappa shape index (κ1) is 13.9. The Bertz CT molecular complexity index is 331. The molecule has 0 saturated heterocycles. The summed E-state index contributed by atoms with van der Waals surface area (Å²) < 4.78 is 23.3. The molecule has 1 aromatic carbocycles. The summed E-state index contributed by atoms with van der Waals surface area (Å²) in [5.41, 5.74) is 0.831. The highest BCUT2D eigenvalue weighted by atomic mass is 19.1. The van der Waals surface area contributed by atoms with Crippen molar-refractivity contribution < 1.29 is 13.9 Å². The smallest absolute Gasteiger partial charge is 0.123 e. The molecule has 0 bridgehead atoms. The average Bonchev–Trinajstić information content (AvgIpc) is 2.30. The van der Waals surface area contributed by atoms with Crippen molar-refractivity contribution in [2.75, 3.05) is 33.4 Å². The van der Waals surface area contributed by atoms with Crippen LogP contribution in [0.25, 0.3) is 0 Å². The summed E-state index contributed by atoms with van der Waals surface area (Å²) in [5.74, 6) is 0.527. The van der Waals surface area contributed by atoms with E-state index in [4.69, 9.17) is 9.47 Å². The Kier molecular flexibility index (Phi) is 6.58. The molecule has 1 rings (SSSR count). The summed E-state index contributed by atoms with van der Waals surface area (Å²) in [7, 11) is 1.68. The van der Waals surface area contributed by atoms with Crippen LogP contribution in [0.4, 0.5) is 4.39 Å². The molecule has 0 saturated carbocycles. The maximum Gasteiger partial charge on any atom is 0.123 e. The molecule has 0 atom stereocenters. The molecule has 3 nitrogen and oxygen atoms in total. The van der Waals surface area contributed by atoms with Crippen LogP contribution in [-0.2, 0) is 4.74 Å². The Hall–Kier alpha value is -1.13. The molecule has 0 radical (unpaired) electrons. The molecule has 0 aliphatic carbocycles. The van der Waals surface area contributed by atoms with Crippen LogP contribution in [0.1, 0.15) is 12.0 Å². The zero-order valence-electron chi connectivity index (χ0n) is 10.5. The van der Waals surface area contributed by atoms with Gasteiger partial charge in [-0.25, -0.2) is 4.39 Å². The summed E-state index contributed by atoms with van der Waals surface area (Å²) in [6, 6.07) is 4.56. The van der Waals surface area contributed by atoms with Gasteiger partial charge >= 0.3 is 0 Å². The van der Waals surface area contributed by atoms with Gasteiger partial charge in [-0.15, -0.1) is 0 Å². The SMILES string of the molecule is COCCNCCCOc1ccc(F)cc1C. The number of halogens is 1. The fourth-order valence-corrected chi connectivity index (χ4v) is 1.45. The van der Waals surface area contributed by atoms with Gasteiger partial charge in [-0.05, 0) is 43.7 Å². The molecule has 1 aromatic rings. The van der Waals surface area contributed by atoms with E-state index in [1.54, 1.807) is 13.2 Å². The van der Waals surface area contributed by atoms with Crippen LogP contribution >= 0.6 is 0 Å². The third-order valence-electron chi connectivity index (χ3n) is 2.38. The first-order chi connectivity index (χ1) is 8.24. The van der Waals surface area contributed by atoms with Gasteiger partial charge < -0.3 is 14.8 Å². The lowest BCUT2D eigenvalue weighted by atomic mass is 10.2. The molecule has 0 aliphatic heterocycles. The van der Waals surface area contributed by atoms with E-state index >= 15 is 0 Å². The van der Waals surface area contributed by atoms with Gasteiger partial charge in [0.2, 0.25) is 0 Å². The van der Waals surface area contributed by atoms with Crippen molar-refractivity contribution in [2.24, 2.45) is 0 Å². The fraction of sp³-hybridized carbons (Fsp3) is 0.538. The van der Waals surface area contributed by atoms with Gasteiger partial charge in [0.1, 0.15) is 11.6 Å². The Morgan fingerprint density at radius 2 is 2.06 bits per heavy atom. The number of hydrogen-bond acceptors (Lipinski definition) is 3. The predicted molar refractivity (Wildman–Crippen MR) is 66.0 cm³/mol. The van der Waals surface area contributed by atoms with E-state index in [9.17, 15) is 4.39 Å². The van der Waals surface area contributed by atoms with Crippen molar-refractivity contribution in [3.63, 3.8) is 0 Å². The van der Waals surface area contributed by atoms with Gasteiger partial charge in [0.15, 0.2) is 0 Å². The average molecular weight is 241 g/mol. The zero-order valence-corrected chi connectivity index (χ0v) is 10.5. The van der Waals surface area contributed by atoms with Crippen molar-refractivity contribution in [1.29, 1.82) is 0 Å². The Morgan fingerprint density at radius 1 is 1.24 bits per heavy atom. The maximum atomic E-state index is 12.8. The minimum Gasteiger partial charge on any atom is -0.493 e. The zero-order chi connectivity index (χ0) is 12.5. The molecule has 4 heteroatoms. The Morgan fingerprint density at radius 3 is 2.76 bits per heavy atom. The normalized spacial score (nSPS) is 10.5. The molecule has 0 fully saturated rings. The lowest BCUT2D eigenvalue weighted by Crippen LogP contribution is -2.21. The van der Waals surface area contributed by atoms with Gasteiger partial charge in [-0.3, -0.25) is 0 Å². The first-order valence-corrected chi connectivity index (χ1v) is 5.82. The van der Waals surface area contributed by atoms with Gasteiger partial charge in [-0.1, -0.05) is 0 Å². The molecule has 0 aliphatic rings. The first-order valence-electron chi connectivity index (χ1n) is 5.82. The van der Waals surface area contributed by atoms with Gasteiger partial charge in [-0.2, -0.15) is 0 Å². The predicted octanol–water partition coefficient (Wildman–Crippen LogP) is 2.14. The second kappa shape index (κ2) is 8.03. The summed E-state index contributed by atoms with van der Waals surface area (Å²) >= 11 is 0. The molecular formula is C13H20FNO2. The minimum atomic E-state index is -0.226. The van der Waals surface area contributed by atoms with E-state index in [0.717, 1.165) is 37.4 Å². The molecule has 0 spiro atoms. The standard InChI is InChI=1S/C13H20FNO2/c1-11-10-12(14)4-5-13(11)17-8-3-6-15-7-9-16-2/h4-5,10,15H,3,6-9H2,1-2H3. The van der Waals surface area contributed by atoms with E-state index < -0.39 is 0 Å². The Labute approximate surface area is 102 Å². The van der Waals surface area contributed by atoms with E-state index in [-0.39, 0.29) is 5.82 Å². The highest BCUT2D eigenvalue weighted by molar-refractivity contribution is 5.32. The number of hydrogen-bond donors (Lipinski definition) is 1. The van der Waals surface area contributed by atoms with Crippen molar-refractivity contribution >= 4 is 0 Å². The van der Waals surface area contributed by atoms with E-state index in [2.05, 4.69) is 5.32 Å². The molecule has 0 heterocycles. The van der Waals surface area contributed by atoms with E-state index in [0.29, 0.717) is 6.61 Å². The number of methoxy groups -OCH3 is 1. The fourth-order valence-electron chi connectivity index (χ4n) is 1.45. The quantitative estimate of drug-likeness (QED) is 0.707. The summed E-state index contributed by atoms with van der Waals surface area (Å²) in [6.07, 6.45) is 0.917. The molecule has 1 N–H and O–H groups in total. The van der Waals surface area contributed by atoms with E-state index in [1.807, 2.05) is 6.92 Å². The van der Waals surface area contributed by atoms with Crippen molar-refractivity contribution in [3.8, 4) is 5.75 Å². The van der Waals surface area contributed by atoms with Crippen molar-refractivity contribution in [3.05, 3.63) is 29.6 Å². The molecule has 17 heavy (non-hydrogen) atoms. The summed E-state index contributed by atoms with van der Waals surface area (Å²) in [5, 5.41) is 3.23. The van der Waals surface area contributed by atoms with Crippen molar-refractivity contribution in [1.82, 2.24) is 5.32 Å². The summed E-state index contributed by atoms with van der Waals surface area (Å²) in [4.78, 5) is 0. The maximum absolute atomic E-state index is 12.8. The monoisotopic (exact) mass is 241 g/mol. The van der Waals surface area contributed by atoms with Gasteiger partial charge in [0, 0.05) is 13.7 Å². The lowest BCUT2D eigenvalue weighted by molar-refractivity contribution is 0.198. The van der Waals surface area contributed by atoms with Gasteiger partial charge in [0.05, 0.1) is 13.2 Å². The number of benzene rings is 1. The number of aryl methyl sites for hydroxylation is 1. The van der Waals surface area contributed by atoms with Crippen LogP contribution in [0.5, 0.6) is 5.75 Å². The Balaban J connectivity index is 2.14. The molecular weight excluding hydrogens is 221 g/mol. The third-order valence-corrected chi connectivity index (χ3v) is 2.38.